The van der Waals surface area contributed by atoms with E-state index < -0.39 is 0 Å². The Morgan fingerprint density at radius 2 is 2.05 bits per heavy atom. The Bertz CT molecular complexity index is 363. The van der Waals surface area contributed by atoms with Gasteiger partial charge in [-0.25, -0.2) is 0 Å². The van der Waals surface area contributed by atoms with Crippen LogP contribution in [0.2, 0.25) is 0 Å². The molecule has 1 aromatic rings. The quantitative estimate of drug-likeness (QED) is 0.633. The molecule has 1 saturated carbocycles. The molecular formula is C19H33NO. The average Bonchev–Trinajstić information content (AvgIpc) is 3.00. The normalized spacial score (nSPS) is 26.1. The van der Waals surface area contributed by atoms with Crippen LogP contribution in [-0.2, 0) is 6.42 Å². The highest BCUT2D eigenvalue weighted by Gasteiger charge is 2.35. The zero-order chi connectivity index (χ0) is 15.0. The standard InChI is InChI=1S/C19H33NO/c1-3-5-7-17-9-11-19(12-10-17,16-20-13-4-2)15-18-8-6-14-21-18/h6,8,14,17,20H,3-5,7,9-13,15-16H2,1-2H3. The van der Waals surface area contributed by atoms with Gasteiger partial charge in [0.25, 0.3) is 0 Å². The molecule has 0 radical (unpaired) electrons. The lowest BCUT2D eigenvalue weighted by molar-refractivity contribution is 0.131. The second kappa shape index (κ2) is 8.63. The van der Waals surface area contributed by atoms with Crippen molar-refractivity contribution < 1.29 is 4.42 Å². The molecule has 2 nitrogen and oxygen atoms in total. The zero-order valence-corrected chi connectivity index (χ0v) is 14.0. The molecule has 1 aliphatic rings. The first-order chi connectivity index (χ1) is 10.3. The fourth-order valence-corrected chi connectivity index (χ4v) is 3.80. The summed E-state index contributed by atoms with van der Waals surface area (Å²) in [6.07, 6.45) is 13.9. The van der Waals surface area contributed by atoms with E-state index in [1.807, 2.05) is 12.3 Å². The van der Waals surface area contributed by atoms with Crippen molar-refractivity contribution >= 4 is 0 Å². The van der Waals surface area contributed by atoms with Gasteiger partial charge in [-0.05, 0) is 62.1 Å². The third kappa shape index (κ3) is 5.18. The number of hydrogen-bond donors (Lipinski definition) is 1. The second-order valence-electron chi connectivity index (χ2n) is 7.02. The van der Waals surface area contributed by atoms with E-state index in [0.717, 1.165) is 25.4 Å². The minimum absolute atomic E-state index is 0.426. The predicted molar refractivity (Wildman–Crippen MR) is 89.5 cm³/mol. The van der Waals surface area contributed by atoms with Crippen molar-refractivity contribution in [1.29, 1.82) is 0 Å². The van der Waals surface area contributed by atoms with Crippen LogP contribution in [0, 0.1) is 11.3 Å². The third-order valence-electron chi connectivity index (χ3n) is 5.19. The van der Waals surface area contributed by atoms with E-state index in [1.165, 1.54) is 57.1 Å². The average molecular weight is 291 g/mol. The van der Waals surface area contributed by atoms with E-state index in [4.69, 9.17) is 4.42 Å². The van der Waals surface area contributed by atoms with Gasteiger partial charge in [0.1, 0.15) is 5.76 Å². The number of unbranched alkanes of at least 4 members (excludes halogenated alkanes) is 1. The van der Waals surface area contributed by atoms with Gasteiger partial charge in [0.2, 0.25) is 0 Å². The summed E-state index contributed by atoms with van der Waals surface area (Å²) in [5.41, 5.74) is 0.426. The lowest BCUT2D eigenvalue weighted by Gasteiger charge is -2.40. The van der Waals surface area contributed by atoms with Crippen LogP contribution < -0.4 is 5.32 Å². The Kier molecular flexibility index (Phi) is 6.82. The number of hydrogen-bond acceptors (Lipinski definition) is 2. The molecule has 0 aromatic carbocycles. The second-order valence-corrected chi connectivity index (χ2v) is 7.02. The number of nitrogens with one attached hydrogen (secondary N) is 1. The molecule has 1 aromatic heterocycles. The van der Waals surface area contributed by atoms with Crippen LogP contribution in [0.3, 0.4) is 0 Å². The van der Waals surface area contributed by atoms with Crippen LogP contribution in [0.15, 0.2) is 22.8 Å². The van der Waals surface area contributed by atoms with Gasteiger partial charge in [-0.3, -0.25) is 0 Å². The molecule has 1 N–H and O–H groups in total. The highest BCUT2D eigenvalue weighted by atomic mass is 16.3. The first-order valence-corrected chi connectivity index (χ1v) is 9.01. The van der Waals surface area contributed by atoms with Crippen LogP contribution in [0.25, 0.3) is 0 Å². The fourth-order valence-electron chi connectivity index (χ4n) is 3.80. The van der Waals surface area contributed by atoms with Gasteiger partial charge >= 0.3 is 0 Å². The highest BCUT2D eigenvalue weighted by molar-refractivity contribution is 5.04. The molecule has 2 heteroatoms. The van der Waals surface area contributed by atoms with E-state index in [1.54, 1.807) is 0 Å². The number of rotatable bonds is 9. The minimum Gasteiger partial charge on any atom is -0.469 e. The van der Waals surface area contributed by atoms with Gasteiger partial charge in [0.05, 0.1) is 6.26 Å². The summed E-state index contributed by atoms with van der Waals surface area (Å²) < 4.78 is 5.63. The first-order valence-electron chi connectivity index (χ1n) is 9.01. The monoisotopic (exact) mass is 291 g/mol. The van der Waals surface area contributed by atoms with Crippen molar-refractivity contribution in [3.05, 3.63) is 24.2 Å². The summed E-state index contributed by atoms with van der Waals surface area (Å²) in [4.78, 5) is 0. The molecule has 21 heavy (non-hydrogen) atoms. The van der Waals surface area contributed by atoms with E-state index in [-0.39, 0.29) is 0 Å². The van der Waals surface area contributed by atoms with Crippen molar-refractivity contribution in [2.24, 2.45) is 11.3 Å². The van der Waals surface area contributed by atoms with Gasteiger partial charge < -0.3 is 9.73 Å². The summed E-state index contributed by atoms with van der Waals surface area (Å²) in [6, 6.07) is 4.17. The summed E-state index contributed by atoms with van der Waals surface area (Å²) in [5, 5.41) is 3.67. The Morgan fingerprint density at radius 1 is 1.24 bits per heavy atom. The van der Waals surface area contributed by atoms with Crippen molar-refractivity contribution in [2.45, 2.75) is 71.6 Å². The van der Waals surface area contributed by atoms with Gasteiger partial charge in [-0.1, -0.05) is 33.1 Å². The SMILES string of the molecule is CCCCC1CCC(CNCCC)(Cc2ccco2)CC1. The first kappa shape index (κ1) is 16.6. The maximum Gasteiger partial charge on any atom is 0.104 e. The van der Waals surface area contributed by atoms with Gasteiger partial charge in [-0.2, -0.15) is 0 Å². The molecule has 1 aliphatic carbocycles. The lowest BCUT2D eigenvalue weighted by Crippen LogP contribution is -2.39. The maximum atomic E-state index is 5.63. The molecule has 0 aliphatic heterocycles. The number of furan rings is 1. The molecule has 0 spiro atoms. The Morgan fingerprint density at radius 3 is 2.67 bits per heavy atom. The van der Waals surface area contributed by atoms with E-state index in [2.05, 4.69) is 25.2 Å². The Labute approximate surface area is 130 Å². The summed E-state index contributed by atoms with van der Waals surface area (Å²) in [6.45, 7) is 6.84. The van der Waals surface area contributed by atoms with Crippen LogP contribution in [0.1, 0.15) is 71.0 Å². The van der Waals surface area contributed by atoms with Crippen LogP contribution in [0.4, 0.5) is 0 Å². The van der Waals surface area contributed by atoms with Crippen molar-refractivity contribution in [1.82, 2.24) is 5.32 Å². The van der Waals surface area contributed by atoms with Gasteiger partial charge in [-0.15, -0.1) is 0 Å². The molecule has 0 amide bonds. The molecule has 0 unspecified atom stereocenters. The van der Waals surface area contributed by atoms with Gasteiger partial charge in [0, 0.05) is 13.0 Å². The zero-order valence-electron chi connectivity index (χ0n) is 14.0. The molecule has 0 bridgehead atoms. The maximum absolute atomic E-state index is 5.63. The summed E-state index contributed by atoms with van der Waals surface area (Å²) >= 11 is 0. The molecule has 2 rings (SSSR count). The van der Waals surface area contributed by atoms with E-state index >= 15 is 0 Å². The topological polar surface area (TPSA) is 25.2 Å². The van der Waals surface area contributed by atoms with Crippen LogP contribution in [0.5, 0.6) is 0 Å². The molecule has 0 saturated heterocycles. The molecule has 1 fully saturated rings. The Hall–Kier alpha value is -0.760. The van der Waals surface area contributed by atoms with Crippen molar-refractivity contribution in [3.63, 3.8) is 0 Å². The van der Waals surface area contributed by atoms with E-state index in [0.29, 0.717) is 5.41 Å². The van der Waals surface area contributed by atoms with E-state index in [9.17, 15) is 0 Å². The predicted octanol–water partition coefficient (Wildman–Crippen LogP) is 5.19. The van der Waals surface area contributed by atoms with Crippen LogP contribution in [-0.4, -0.2) is 13.1 Å². The van der Waals surface area contributed by atoms with Crippen molar-refractivity contribution in [2.75, 3.05) is 13.1 Å². The van der Waals surface area contributed by atoms with Gasteiger partial charge in [0.15, 0.2) is 0 Å². The molecule has 120 valence electrons. The highest BCUT2D eigenvalue weighted by Crippen LogP contribution is 2.42. The minimum atomic E-state index is 0.426. The fraction of sp³-hybridized carbons (Fsp3) is 0.789. The Balaban J connectivity index is 1.90. The van der Waals surface area contributed by atoms with Crippen LogP contribution >= 0.6 is 0 Å². The summed E-state index contributed by atoms with van der Waals surface area (Å²) in [7, 11) is 0. The lowest BCUT2D eigenvalue weighted by atomic mass is 9.67. The summed E-state index contributed by atoms with van der Waals surface area (Å²) in [5.74, 6) is 2.14. The smallest absolute Gasteiger partial charge is 0.104 e. The molecule has 1 heterocycles. The molecule has 0 atom stereocenters. The molecular weight excluding hydrogens is 258 g/mol. The van der Waals surface area contributed by atoms with Crippen molar-refractivity contribution in [3.8, 4) is 0 Å². The third-order valence-corrected chi connectivity index (χ3v) is 5.19. The largest absolute Gasteiger partial charge is 0.469 e.